The number of rotatable bonds is 2. The molecule has 0 aliphatic carbocycles. The average molecular weight is 157 g/mol. The van der Waals surface area contributed by atoms with Gasteiger partial charge >= 0.3 is 5.97 Å². The fraction of sp³-hybridized carbons (Fsp3) is 0.333. The van der Waals surface area contributed by atoms with Gasteiger partial charge in [-0.15, -0.1) is 0 Å². The summed E-state index contributed by atoms with van der Waals surface area (Å²) in [6, 6.07) is 0. The Kier molecular flexibility index (Phi) is 2.22. The highest BCUT2D eigenvalue weighted by Crippen LogP contribution is 2.07. The molecule has 0 fully saturated rings. The van der Waals surface area contributed by atoms with E-state index in [0.717, 1.165) is 0 Å². The van der Waals surface area contributed by atoms with Crippen LogP contribution in [0.5, 0.6) is 0 Å². The number of hydrogen-bond donors (Lipinski definition) is 1. The fourth-order valence-electron chi connectivity index (χ4n) is 0.721. The van der Waals surface area contributed by atoms with E-state index >= 15 is 0 Å². The normalized spacial score (nSPS) is 17.1. The molecule has 0 aromatic heterocycles. The van der Waals surface area contributed by atoms with Crippen LogP contribution in [0.25, 0.3) is 0 Å². The largest absolute Gasteiger partial charge is 0.369 e. The third-order valence-corrected chi connectivity index (χ3v) is 1.11. The van der Waals surface area contributed by atoms with Gasteiger partial charge in [-0.05, 0) is 5.57 Å². The lowest BCUT2D eigenvalue weighted by Crippen LogP contribution is -2.18. The van der Waals surface area contributed by atoms with Crippen molar-refractivity contribution in [3.05, 3.63) is 11.6 Å². The Morgan fingerprint density at radius 2 is 2.45 bits per heavy atom. The fourth-order valence-corrected chi connectivity index (χ4v) is 0.721. The first-order valence-electron chi connectivity index (χ1n) is 2.99. The van der Waals surface area contributed by atoms with E-state index in [2.05, 4.69) is 9.78 Å². The van der Waals surface area contributed by atoms with E-state index in [0.29, 0.717) is 5.57 Å². The molecule has 5 heteroatoms. The van der Waals surface area contributed by atoms with Gasteiger partial charge in [-0.3, -0.25) is 9.68 Å². The first-order chi connectivity index (χ1) is 5.18. The number of hydrogen-bond acceptors (Lipinski definition) is 4. The van der Waals surface area contributed by atoms with E-state index in [1.807, 2.05) is 0 Å². The smallest absolute Gasteiger partial charge is 0.366 e. The molecule has 1 heterocycles. The summed E-state index contributed by atoms with van der Waals surface area (Å²) in [5.74, 6) is -1.10. The van der Waals surface area contributed by atoms with Gasteiger partial charge in [0.05, 0.1) is 6.42 Å². The van der Waals surface area contributed by atoms with Crippen molar-refractivity contribution in [3.8, 4) is 0 Å². The Labute approximate surface area is 62.7 Å². The Bertz CT molecular complexity index is 221. The van der Waals surface area contributed by atoms with Gasteiger partial charge in [0.25, 0.3) is 0 Å². The maximum Gasteiger partial charge on any atom is 0.366 e. The van der Waals surface area contributed by atoms with Crippen LogP contribution in [0.3, 0.4) is 0 Å². The molecule has 0 spiro atoms. The predicted molar refractivity (Wildman–Crippen MR) is 33.9 cm³/mol. The molecule has 0 aromatic rings. The maximum atomic E-state index is 10.5. The first kappa shape index (κ1) is 7.74. The second-order valence-corrected chi connectivity index (χ2v) is 2.11. The highest BCUT2D eigenvalue weighted by atomic mass is 17.2. The molecule has 1 amide bonds. The lowest BCUT2D eigenvalue weighted by molar-refractivity contribution is -0.266. The van der Waals surface area contributed by atoms with Gasteiger partial charge in [-0.25, -0.2) is 4.79 Å². The van der Waals surface area contributed by atoms with Crippen LogP contribution in [0, 0.1) is 0 Å². The van der Waals surface area contributed by atoms with Gasteiger partial charge in [0.15, 0.2) is 0 Å². The van der Waals surface area contributed by atoms with E-state index < -0.39 is 11.9 Å². The van der Waals surface area contributed by atoms with Crippen molar-refractivity contribution in [1.82, 2.24) is 0 Å². The lowest BCUT2D eigenvalue weighted by atomic mass is 10.2. The highest BCUT2D eigenvalue weighted by Gasteiger charge is 2.13. The van der Waals surface area contributed by atoms with E-state index in [1.165, 1.54) is 6.08 Å². The quantitative estimate of drug-likeness (QED) is 0.536. The zero-order valence-corrected chi connectivity index (χ0v) is 5.70. The molecule has 0 saturated carbocycles. The Balaban J connectivity index is 2.56. The molecule has 1 aliphatic heterocycles. The predicted octanol–water partition coefficient (Wildman–Crippen LogP) is -0.723. The van der Waals surface area contributed by atoms with Crippen molar-refractivity contribution in [1.29, 1.82) is 0 Å². The highest BCUT2D eigenvalue weighted by molar-refractivity contribution is 5.85. The molecule has 0 atom stereocenters. The van der Waals surface area contributed by atoms with Crippen LogP contribution in [-0.2, 0) is 19.4 Å². The molecule has 5 nitrogen and oxygen atoms in total. The maximum absolute atomic E-state index is 10.5. The van der Waals surface area contributed by atoms with E-state index in [1.54, 1.807) is 0 Å². The van der Waals surface area contributed by atoms with Gasteiger partial charge in [-0.2, -0.15) is 4.89 Å². The second-order valence-electron chi connectivity index (χ2n) is 2.11. The minimum absolute atomic E-state index is 0.0368. The topological polar surface area (TPSA) is 78.6 Å². The monoisotopic (exact) mass is 157 g/mol. The summed E-state index contributed by atoms with van der Waals surface area (Å²) in [5.41, 5.74) is 5.42. The molecular formula is C6H7NO4. The van der Waals surface area contributed by atoms with Crippen molar-refractivity contribution < 1.29 is 19.4 Å². The minimum Gasteiger partial charge on any atom is -0.369 e. The second kappa shape index (κ2) is 3.16. The number of primary amides is 1. The third-order valence-electron chi connectivity index (χ3n) is 1.11. The van der Waals surface area contributed by atoms with E-state index in [9.17, 15) is 9.59 Å². The molecule has 1 rings (SSSR count). The molecule has 1 aliphatic rings. The number of nitrogens with two attached hydrogens (primary N) is 1. The number of carbonyl (C=O) groups is 2. The first-order valence-corrected chi connectivity index (χ1v) is 2.99. The van der Waals surface area contributed by atoms with Crippen molar-refractivity contribution in [2.45, 2.75) is 6.42 Å². The Morgan fingerprint density at radius 3 is 3.00 bits per heavy atom. The molecule has 0 radical (unpaired) electrons. The third kappa shape index (κ3) is 2.38. The molecule has 0 saturated heterocycles. The molecule has 2 N–H and O–H groups in total. The van der Waals surface area contributed by atoms with Gasteiger partial charge < -0.3 is 5.73 Å². The van der Waals surface area contributed by atoms with Crippen LogP contribution in [-0.4, -0.2) is 18.5 Å². The summed E-state index contributed by atoms with van der Waals surface area (Å²) >= 11 is 0. The number of amides is 1. The molecule has 0 bridgehead atoms. The Morgan fingerprint density at radius 1 is 1.73 bits per heavy atom. The van der Waals surface area contributed by atoms with Crippen molar-refractivity contribution in [2.75, 3.05) is 6.61 Å². The van der Waals surface area contributed by atoms with Crippen molar-refractivity contribution in [3.63, 3.8) is 0 Å². The Hall–Kier alpha value is -1.36. The molecule has 0 aromatic carbocycles. The average Bonchev–Trinajstić information content (AvgIpc) is 1.85. The standard InChI is InChI=1S/C6H7NO4/c7-5(8)1-4-2-6(9)11-10-3-4/h2H,1,3H2,(H2,7,8). The summed E-state index contributed by atoms with van der Waals surface area (Å²) in [6.45, 7) is 0.120. The number of carbonyl (C=O) groups excluding carboxylic acids is 2. The van der Waals surface area contributed by atoms with Gasteiger partial charge in [0, 0.05) is 6.08 Å². The molecule has 11 heavy (non-hydrogen) atoms. The minimum atomic E-state index is -0.604. The van der Waals surface area contributed by atoms with Crippen molar-refractivity contribution in [2.24, 2.45) is 5.73 Å². The van der Waals surface area contributed by atoms with Crippen LogP contribution in [0.2, 0.25) is 0 Å². The summed E-state index contributed by atoms with van der Waals surface area (Å²) < 4.78 is 0. The van der Waals surface area contributed by atoms with Crippen molar-refractivity contribution >= 4 is 11.9 Å². The van der Waals surface area contributed by atoms with E-state index in [-0.39, 0.29) is 13.0 Å². The van der Waals surface area contributed by atoms with Gasteiger partial charge in [0.2, 0.25) is 5.91 Å². The molecular weight excluding hydrogens is 150 g/mol. The summed E-state index contributed by atoms with van der Waals surface area (Å²) in [4.78, 5) is 29.3. The van der Waals surface area contributed by atoms with Crippen LogP contribution in [0.4, 0.5) is 0 Å². The van der Waals surface area contributed by atoms with Crippen LogP contribution < -0.4 is 5.73 Å². The van der Waals surface area contributed by atoms with Gasteiger partial charge in [-0.1, -0.05) is 0 Å². The lowest BCUT2D eigenvalue weighted by Gasteiger charge is -2.09. The van der Waals surface area contributed by atoms with Gasteiger partial charge in [0.1, 0.15) is 6.61 Å². The van der Waals surface area contributed by atoms with Crippen LogP contribution in [0.1, 0.15) is 6.42 Å². The summed E-state index contributed by atoms with van der Waals surface area (Å²) in [5, 5.41) is 0. The van der Waals surface area contributed by atoms with Crippen LogP contribution in [0.15, 0.2) is 11.6 Å². The summed E-state index contributed by atoms with van der Waals surface area (Å²) in [7, 11) is 0. The zero-order chi connectivity index (χ0) is 8.27. The summed E-state index contributed by atoms with van der Waals surface area (Å²) in [6.07, 6.45) is 1.24. The molecule has 0 unspecified atom stereocenters. The molecule has 60 valence electrons. The van der Waals surface area contributed by atoms with Crippen LogP contribution >= 0.6 is 0 Å². The zero-order valence-electron chi connectivity index (χ0n) is 5.70. The van der Waals surface area contributed by atoms with E-state index in [4.69, 9.17) is 5.73 Å². The SMILES string of the molecule is NC(=O)CC1=CC(=O)OOC1.